The van der Waals surface area contributed by atoms with Gasteiger partial charge in [-0.15, -0.1) is 0 Å². The van der Waals surface area contributed by atoms with Crippen LogP contribution in [-0.4, -0.2) is 30.1 Å². The van der Waals surface area contributed by atoms with Crippen LogP contribution < -0.4 is 5.73 Å². The molecule has 2 nitrogen and oxygen atoms in total. The van der Waals surface area contributed by atoms with Gasteiger partial charge in [0.2, 0.25) is 0 Å². The van der Waals surface area contributed by atoms with Gasteiger partial charge in [0.15, 0.2) is 0 Å². The zero-order valence-corrected chi connectivity index (χ0v) is 12.0. The molecule has 0 aromatic heterocycles. The molecule has 104 valence electrons. The molecule has 2 heteroatoms. The molecule has 3 fully saturated rings. The molecule has 0 aromatic carbocycles. The van der Waals surface area contributed by atoms with Crippen molar-refractivity contribution in [1.29, 1.82) is 0 Å². The van der Waals surface area contributed by atoms with E-state index in [1.54, 1.807) is 0 Å². The van der Waals surface area contributed by atoms with E-state index in [0.29, 0.717) is 11.5 Å². The number of likely N-dealkylation sites (tertiary alicyclic amines) is 1. The Morgan fingerprint density at radius 3 is 2.50 bits per heavy atom. The molecule has 2 N–H and O–H groups in total. The van der Waals surface area contributed by atoms with Crippen LogP contribution in [0.5, 0.6) is 0 Å². The Morgan fingerprint density at radius 2 is 1.83 bits per heavy atom. The van der Waals surface area contributed by atoms with E-state index in [4.69, 9.17) is 5.73 Å². The lowest BCUT2D eigenvalue weighted by molar-refractivity contribution is 0.114. The Kier molecular flexibility index (Phi) is 3.68. The predicted molar refractivity (Wildman–Crippen MR) is 76.5 cm³/mol. The van der Waals surface area contributed by atoms with Crippen LogP contribution in [0.15, 0.2) is 0 Å². The maximum absolute atomic E-state index is 6.36. The predicted octanol–water partition coefficient (Wildman–Crippen LogP) is 3.16. The van der Waals surface area contributed by atoms with Gasteiger partial charge in [0.25, 0.3) is 0 Å². The van der Waals surface area contributed by atoms with Gasteiger partial charge < -0.3 is 5.73 Å². The lowest BCUT2D eigenvalue weighted by Crippen LogP contribution is -2.47. The van der Waals surface area contributed by atoms with Crippen molar-refractivity contribution >= 4 is 0 Å². The van der Waals surface area contributed by atoms with Gasteiger partial charge in [-0.3, -0.25) is 4.90 Å². The molecule has 3 unspecified atom stereocenters. The molecule has 3 rings (SSSR count). The monoisotopic (exact) mass is 250 g/mol. The fourth-order valence-electron chi connectivity index (χ4n) is 4.84. The molecule has 2 aliphatic carbocycles. The maximum atomic E-state index is 6.36. The van der Waals surface area contributed by atoms with Crippen LogP contribution in [0.25, 0.3) is 0 Å². The Balaban J connectivity index is 1.64. The lowest BCUT2D eigenvalue weighted by atomic mass is 9.83. The van der Waals surface area contributed by atoms with Crippen molar-refractivity contribution in [2.24, 2.45) is 17.1 Å². The minimum Gasteiger partial charge on any atom is -0.327 e. The number of hydrogen-bond donors (Lipinski definition) is 1. The van der Waals surface area contributed by atoms with E-state index in [0.717, 1.165) is 12.0 Å². The standard InChI is InChI=1S/C16H30N2/c1-16(10-4-9-15(16)17)12-18-11-5-8-14(18)13-6-2-3-7-13/h13-15H,2-12,17H2,1H3. The van der Waals surface area contributed by atoms with Gasteiger partial charge in [0.05, 0.1) is 0 Å². The maximum Gasteiger partial charge on any atom is 0.0124 e. The second kappa shape index (κ2) is 5.13. The van der Waals surface area contributed by atoms with Gasteiger partial charge in [-0.2, -0.15) is 0 Å². The Labute approximate surface area is 112 Å². The number of rotatable bonds is 3. The van der Waals surface area contributed by atoms with E-state index >= 15 is 0 Å². The SMILES string of the molecule is CC1(CN2CCCC2C2CCCC2)CCCC1N. The van der Waals surface area contributed by atoms with Crippen LogP contribution in [0.1, 0.15) is 64.7 Å². The molecule has 3 atom stereocenters. The van der Waals surface area contributed by atoms with E-state index in [-0.39, 0.29) is 0 Å². The summed E-state index contributed by atoms with van der Waals surface area (Å²) in [5.41, 5.74) is 6.77. The second-order valence-electron chi connectivity index (χ2n) is 7.38. The first-order valence-corrected chi connectivity index (χ1v) is 8.19. The summed E-state index contributed by atoms with van der Waals surface area (Å²) in [5.74, 6) is 1.01. The Morgan fingerprint density at radius 1 is 1.06 bits per heavy atom. The summed E-state index contributed by atoms with van der Waals surface area (Å²) in [6.07, 6.45) is 12.8. The fourth-order valence-corrected chi connectivity index (χ4v) is 4.84. The van der Waals surface area contributed by atoms with E-state index in [1.165, 1.54) is 70.9 Å². The zero-order chi connectivity index (χ0) is 12.6. The van der Waals surface area contributed by atoms with Crippen LogP contribution in [0, 0.1) is 11.3 Å². The Hall–Kier alpha value is -0.0800. The minimum absolute atomic E-state index is 0.404. The highest BCUT2D eigenvalue weighted by Crippen LogP contribution is 2.41. The smallest absolute Gasteiger partial charge is 0.0124 e. The third-order valence-electron chi connectivity index (χ3n) is 6.08. The third kappa shape index (κ3) is 2.34. The van der Waals surface area contributed by atoms with Crippen LogP contribution in [0.2, 0.25) is 0 Å². The first kappa shape index (κ1) is 12.9. The molecular formula is C16H30N2. The molecule has 2 saturated carbocycles. The topological polar surface area (TPSA) is 29.3 Å². The summed E-state index contributed by atoms with van der Waals surface area (Å²) >= 11 is 0. The molecule has 0 spiro atoms. The molecule has 18 heavy (non-hydrogen) atoms. The first-order valence-electron chi connectivity index (χ1n) is 8.19. The third-order valence-corrected chi connectivity index (χ3v) is 6.08. The number of nitrogens with two attached hydrogens (primary N) is 1. The molecule has 0 amide bonds. The minimum atomic E-state index is 0.404. The normalized spacial score (nSPS) is 43.0. The van der Waals surface area contributed by atoms with Crippen molar-refractivity contribution in [2.45, 2.75) is 76.8 Å². The molecule has 1 aliphatic heterocycles. The molecule has 3 aliphatic rings. The molecular weight excluding hydrogens is 220 g/mol. The summed E-state index contributed by atoms with van der Waals surface area (Å²) < 4.78 is 0. The van der Waals surface area contributed by atoms with Crippen molar-refractivity contribution in [3.63, 3.8) is 0 Å². The van der Waals surface area contributed by atoms with E-state index in [9.17, 15) is 0 Å². The van der Waals surface area contributed by atoms with E-state index < -0.39 is 0 Å². The summed E-state index contributed by atoms with van der Waals surface area (Å²) in [6.45, 7) is 5.05. The second-order valence-corrected chi connectivity index (χ2v) is 7.38. The summed E-state index contributed by atoms with van der Waals surface area (Å²) in [6, 6.07) is 1.35. The van der Waals surface area contributed by atoms with E-state index in [1.807, 2.05) is 0 Å². The molecule has 1 heterocycles. The van der Waals surface area contributed by atoms with Crippen molar-refractivity contribution in [2.75, 3.05) is 13.1 Å². The first-order chi connectivity index (χ1) is 8.69. The van der Waals surface area contributed by atoms with Gasteiger partial charge in [-0.05, 0) is 56.4 Å². The Bertz CT molecular complexity index is 285. The van der Waals surface area contributed by atoms with Gasteiger partial charge in [0, 0.05) is 18.6 Å². The van der Waals surface area contributed by atoms with Gasteiger partial charge >= 0.3 is 0 Å². The highest BCUT2D eigenvalue weighted by molar-refractivity contribution is 4.97. The lowest BCUT2D eigenvalue weighted by Gasteiger charge is -2.38. The van der Waals surface area contributed by atoms with Crippen LogP contribution in [0.3, 0.4) is 0 Å². The fraction of sp³-hybridized carbons (Fsp3) is 1.00. The van der Waals surface area contributed by atoms with Crippen molar-refractivity contribution in [3.05, 3.63) is 0 Å². The average Bonchev–Trinajstić information content (AvgIpc) is 3.02. The van der Waals surface area contributed by atoms with Crippen LogP contribution >= 0.6 is 0 Å². The summed E-state index contributed by atoms with van der Waals surface area (Å²) in [5, 5.41) is 0. The molecule has 0 aromatic rings. The average molecular weight is 250 g/mol. The highest BCUT2D eigenvalue weighted by Gasteiger charge is 2.41. The van der Waals surface area contributed by atoms with Crippen LogP contribution in [-0.2, 0) is 0 Å². The van der Waals surface area contributed by atoms with Gasteiger partial charge in [-0.25, -0.2) is 0 Å². The number of nitrogens with zero attached hydrogens (tertiary/aromatic N) is 1. The van der Waals surface area contributed by atoms with Crippen molar-refractivity contribution < 1.29 is 0 Å². The van der Waals surface area contributed by atoms with Crippen LogP contribution in [0.4, 0.5) is 0 Å². The zero-order valence-electron chi connectivity index (χ0n) is 12.0. The molecule has 1 saturated heterocycles. The van der Waals surface area contributed by atoms with Crippen molar-refractivity contribution in [1.82, 2.24) is 4.90 Å². The highest BCUT2D eigenvalue weighted by atomic mass is 15.2. The summed E-state index contributed by atoms with van der Waals surface area (Å²) in [4.78, 5) is 2.82. The molecule has 0 bridgehead atoms. The molecule has 0 radical (unpaired) electrons. The van der Waals surface area contributed by atoms with Gasteiger partial charge in [0.1, 0.15) is 0 Å². The van der Waals surface area contributed by atoms with Crippen molar-refractivity contribution in [3.8, 4) is 0 Å². The van der Waals surface area contributed by atoms with E-state index in [2.05, 4.69) is 11.8 Å². The van der Waals surface area contributed by atoms with Gasteiger partial charge in [-0.1, -0.05) is 26.2 Å². The quantitative estimate of drug-likeness (QED) is 0.833. The summed E-state index contributed by atoms with van der Waals surface area (Å²) in [7, 11) is 0. The number of hydrogen-bond acceptors (Lipinski definition) is 2. The largest absolute Gasteiger partial charge is 0.327 e.